The lowest BCUT2D eigenvalue weighted by atomic mass is 9.95. The van der Waals surface area contributed by atoms with Crippen molar-refractivity contribution in [2.24, 2.45) is 0 Å². The molecule has 0 aromatic heterocycles. The molecule has 0 atom stereocenters. The van der Waals surface area contributed by atoms with Gasteiger partial charge >= 0.3 is 0 Å². The zero-order valence-electron chi connectivity index (χ0n) is 12.1. The Morgan fingerprint density at radius 2 is 1.95 bits per heavy atom. The van der Waals surface area contributed by atoms with Crippen LogP contribution in [0.3, 0.4) is 0 Å². The second-order valence-corrected chi connectivity index (χ2v) is 6.34. The van der Waals surface area contributed by atoms with Crippen LogP contribution in [0.2, 0.25) is 0 Å². The molecule has 1 aromatic rings. The number of carbonyl (C=O) groups excluding carboxylic acids is 1. The Balaban J connectivity index is 1.65. The summed E-state index contributed by atoms with van der Waals surface area (Å²) in [7, 11) is 1.66. The smallest absolute Gasteiger partial charge is 0.221 e. The fourth-order valence-electron chi connectivity index (χ4n) is 2.48. The first-order valence-electron chi connectivity index (χ1n) is 7.34. The van der Waals surface area contributed by atoms with E-state index < -0.39 is 0 Å². The third-order valence-corrected chi connectivity index (χ3v) is 4.64. The third kappa shape index (κ3) is 5.08. The molecule has 1 aromatic carbocycles. The van der Waals surface area contributed by atoms with Crippen molar-refractivity contribution in [1.82, 2.24) is 5.32 Å². The van der Waals surface area contributed by atoms with E-state index in [1.54, 1.807) is 18.9 Å². The number of benzene rings is 1. The van der Waals surface area contributed by atoms with Crippen molar-refractivity contribution in [1.29, 1.82) is 0 Å². The minimum absolute atomic E-state index is 0.193. The van der Waals surface area contributed by atoms with E-state index in [9.17, 15) is 4.79 Å². The van der Waals surface area contributed by atoms with Crippen molar-refractivity contribution in [3.63, 3.8) is 0 Å². The van der Waals surface area contributed by atoms with E-state index in [0.29, 0.717) is 12.5 Å². The Morgan fingerprint density at radius 3 is 2.60 bits per heavy atom. The van der Waals surface area contributed by atoms with E-state index in [-0.39, 0.29) is 5.91 Å². The van der Waals surface area contributed by atoms with E-state index in [1.807, 2.05) is 24.3 Å². The lowest BCUT2D eigenvalue weighted by molar-refractivity contribution is -0.121. The predicted molar refractivity (Wildman–Crippen MR) is 83.4 cm³/mol. The Bertz CT molecular complexity index is 413. The summed E-state index contributed by atoms with van der Waals surface area (Å²) in [5, 5.41) is 3.15. The van der Waals surface area contributed by atoms with Crippen LogP contribution in [-0.2, 0) is 4.79 Å². The van der Waals surface area contributed by atoms with E-state index >= 15 is 0 Å². The van der Waals surface area contributed by atoms with Gasteiger partial charge in [-0.1, -0.05) is 19.3 Å². The number of amides is 1. The second kappa shape index (κ2) is 8.20. The molecule has 1 amide bonds. The Hall–Kier alpha value is -1.16. The van der Waals surface area contributed by atoms with Crippen molar-refractivity contribution in [2.45, 2.75) is 49.5 Å². The third-order valence-electron chi connectivity index (χ3n) is 3.63. The second-order valence-electron chi connectivity index (χ2n) is 5.18. The zero-order valence-corrected chi connectivity index (χ0v) is 12.9. The maximum absolute atomic E-state index is 11.9. The molecular weight excluding hydrogens is 270 g/mol. The summed E-state index contributed by atoms with van der Waals surface area (Å²) in [6.45, 7) is 0. The number of methoxy groups -OCH3 is 1. The van der Waals surface area contributed by atoms with Gasteiger partial charge in [0.05, 0.1) is 7.11 Å². The van der Waals surface area contributed by atoms with Crippen LogP contribution in [0.25, 0.3) is 0 Å². The van der Waals surface area contributed by atoms with Crippen molar-refractivity contribution < 1.29 is 9.53 Å². The van der Waals surface area contributed by atoms with E-state index in [2.05, 4.69) is 5.32 Å². The van der Waals surface area contributed by atoms with Gasteiger partial charge in [0, 0.05) is 23.1 Å². The predicted octanol–water partition coefficient (Wildman–Crippen LogP) is 3.63. The molecule has 4 heteroatoms. The van der Waals surface area contributed by atoms with Crippen LogP contribution in [0, 0.1) is 0 Å². The molecule has 2 rings (SSSR count). The van der Waals surface area contributed by atoms with E-state index in [4.69, 9.17) is 4.74 Å². The summed E-state index contributed by atoms with van der Waals surface area (Å²) < 4.78 is 5.12. The number of nitrogens with one attached hydrogen (secondary N) is 1. The monoisotopic (exact) mass is 293 g/mol. The fraction of sp³-hybridized carbons (Fsp3) is 0.562. The first-order chi connectivity index (χ1) is 9.78. The normalized spacial score (nSPS) is 15.8. The number of rotatable bonds is 6. The molecule has 110 valence electrons. The first-order valence-corrected chi connectivity index (χ1v) is 8.32. The largest absolute Gasteiger partial charge is 0.497 e. The molecule has 0 aliphatic heterocycles. The van der Waals surface area contributed by atoms with Crippen LogP contribution in [0.15, 0.2) is 29.2 Å². The lowest BCUT2D eigenvalue weighted by Gasteiger charge is -2.22. The van der Waals surface area contributed by atoms with Crippen LogP contribution < -0.4 is 10.1 Å². The first kappa shape index (κ1) is 15.2. The molecular formula is C16H23NO2S. The van der Waals surface area contributed by atoms with Gasteiger partial charge < -0.3 is 10.1 Å². The number of thioether (sulfide) groups is 1. The molecule has 20 heavy (non-hydrogen) atoms. The summed E-state index contributed by atoms with van der Waals surface area (Å²) in [4.78, 5) is 13.0. The van der Waals surface area contributed by atoms with Crippen LogP contribution in [-0.4, -0.2) is 24.8 Å². The minimum Gasteiger partial charge on any atom is -0.497 e. The van der Waals surface area contributed by atoms with Crippen molar-refractivity contribution in [3.8, 4) is 5.75 Å². The van der Waals surface area contributed by atoms with Crippen molar-refractivity contribution in [2.75, 3.05) is 12.9 Å². The molecule has 0 saturated heterocycles. The highest BCUT2D eigenvalue weighted by Crippen LogP contribution is 2.22. The average Bonchev–Trinajstić information content (AvgIpc) is 2.49. The number of ether oxygens (including phenoxy) is 1. The summed E-state index contributed by atoms with van der Waals surface area (Å²) in [5.41, 5.74) is 0. The summed E-state index contributed by atoms with van der Waals surface area (Å²) in [6, 6.07) is 8.38. The molecule has 0 radical (unpaired) electrons. The van der Waals surface area contributed by atoms with Gasteiger partial charge in [-0.15, -0.1) is 11.8 Å². The van der Waals surface area contributed by atoms with Crippen LogP contribution in [0.5, 0.6) is 5.75 Å². The van der Waals surface area contributed by atoms with Gasteiger partial charge in [-0.3, -0.25) is 4.79 Å². The minimum atomic E-state index is 0.193. The number of hydrogen-bond donors (Lipinski definition) is 1. The van der Waals surface area contributed by atoms with Crippen LogP contribution in [0.4, 0.5) is 0 Å². The summed E-state index contributed by atoms with van der Waals surface area (Å²) in [6.07, 6.45) is 6.72. The lowest BCUT2D eigenvalue weighted by Crippen LogP contribution is -2.36. The zero-order chi connectivity index (χ0) is 14.2. The Labute approximate surface area is 125 Å². The quantitative estimate of drug-likeness (QED) is 0.814. The van der Waals surface area contributed by atoms with Gasteiger partial charge in [-0.25, -0.2) is 0 Å². The maximum atomic E-state index is 11.9. The summed E-state index contributed by atoms with van der Waals surface area (Å²) >= 11 is 1.71. The molecule has 1 aliphatic carbocycles. The van der Waals surface area contributed by atoms with Crippen molar-refractivity contribution in [3.05, 3.63) is 24.3 Å². The van der Waals surface area contributed by atoms with Gasteiger partial charge in [0.1, 0.15) is 5.75 Å². The highest BCUT2D eigenvalue weighted by Gasteiger charge is 2.15. The van der Waals surface area contributed by atoms with Crippen LogP contribution in [0.1, 0.15) is 38.5 Å². The van der Waals surface area contributed by atoms with Gasteiger partial charge in [0.25, 0.3) is 0 Å². The Kier molecular flexibility index (Phi) is 6.25. The fourth-order valence-corrected chi connectivity index (χ4v) is 3.33. The molecule has 1 saturated carbocycles. The van der Waals surface area contributed by atoms with Crippen molar-refractivity contribution >= 4 is 17.7 Å². The standard InChI is InChI=1S/C16H23NO2S/c1-19-14-7-9-15(10-8-14)20-12-11-16(18)17-13-5-3-2-4-6-13/h7-10,13H,2-6,11-12H2,1H3,(H,17,18). The highest BCUT2D eigenvalue weighted by atomic mass is 32.2. The molecule has 0 heterocycles. The molecule has 0 spiro atoms. The SMILES string of the molecule is COc1ccc(SCCC(=O)NC2CCCCC2)cc1. The van der Waals surface area contributed by atoms with Gasteiger partial charge in [-0.2, -0.15) is 0 Å². The number of carbonyl (C=O) groups is 1. The molecule has 1 N–H and O–H groups in total. The average molecular weight is 293 g/mol. The van der Waals surface area contributed by atoms with E-state index in [0.717, 1.165) is 24.3 Å². The molecule has 1 aliphatic rings. The van der Waals surface area contributed by atoms with Gasteiger partial charge in [0.2, 0.25) is 5.91 Å². The van der Waals surface area contributed by atoms with E-state index in [1.165, 1.54) is 24.2 Å². The molecule has 1 fully saturated rings. The topological polar surface area (TPSA) is 38.3 Å². The maximum Gasteiger partial charge on any atom is 0.221 e. The highest BCUT2D eigenvalue weighted by molar-refractivity contribution is 7.99. The summed E-state index contributed by atoms with van der Waals surface area (Å²) in [5.74, 6) is 1.88. The number of hydrogen-bond acceptors (Lipinski definition) is 3. The van der Waals surface area contributed by atoms with Gasteiger partial charge in [0.15, 0.2) is 0 Å². The molecule has 3 nitrogen and oxygen atoms in total. The van der Waals surface area contributed by atoms with Crippen LogP contribution >= 0.6 is 11.8 Å². The molecule has 0 unspecified atom stereocenters. The van der Waals surface area contributed by atoms with Gasteiger partial charge in [-0.05, 0) is 37.1 Å². The molecule has 0 bridgehead atoms. The Morgan fingerprint density at radius 1 is 1.25 bits per heavy atom.